The van der Waals surface area contributed by atoms with Crippen LogP contribution in [0.15, 0.2) is 53.4 Å². The van der Waals surface area contributed by atoms with Crippen LogP contribution in [0.4, 0.5) is 45.2 Å². The first-order valence-corrected chi connectivity index (χ1v) is 10.6. The molecule has 0 heterocycles. The van der Waals surface area contributed by atoms with E-state index in [1.165, 1.54) is 12.1 Å². The van der Waals surface area contributed by atoms with Crippen molar-refractivity contribution in [1.29, 1.82) is 0 Å². The molecule has 0 saturated carbocycles. The van der Waals surface area contributed by atoms with Gasteiger partial charge in [-0.2, -0.15) is 39.5 Å². The third-order valence-corrected chi connectivity index (χ3v) is 6.41. The second-order valence-corrected chi connectivity index (χ2v) is 8.93. The van der Waals surface area contributed by atoms with E-state index in [-0.39, 0.29) is 29.4 Å². The van der Waals surface area contributed by atoms with Crippen LogP contribution in [-0.4, -0.2) is 45.1 Å². The minimum absolute atomic E-state index is 0.0556. The summed E-state index contributed by atoms with van der Waals surface area (Å²) in [5, 5.41) is 9.42. The standard InChI is InChI=1S/C19H17F9N2O3S/c20-16(21,22)11-30(34(32,33)15-3-1-2-12(10-15)8-9-29)14-6-4-13(5-7-14)17(31,18(23,24)25)19(26,27)28/h1-7,10,31H,8-9,11,29H2. The van der Waals surface area contributed by atoms with Crippen LogP contribution in [0.5, 0.6) is 0 Å². The lowest BCUT2D eigenvalue weighted by Gasteiger charge is -2.33. The van der Waals surface area contributed by atoms with Crippen molar-refractivity contribution in [1.82, 2.24) is 0 Å². The normalized spacial score (nSPS) is 13.7. The van der Waals surface area contributed by atoms with Crippen LogP contribution >= 0.6 is 0 Å². The Morgan fingerprint density at radius 2 is 1.38 bits per heavy atom. The Morgan fingerprint density at radius 1 is 0.853 bits per heavy atom. The van der Waals surface area contributed by atoms with E-state index in [1.54, 1.807) is 0 Å². The van der Waals surface area contributed by atoms with Gasteiger partial charge in [-0.1, -0.05) is 24.3 Å². The molecule has 0 fully saturated rings. The molecule has 0 spiro atoms. The lowest BCUT2D eigenvalue weighted by atomic mass is 9.92. The van der Waals surface area contributed by atoms with E-state index in [0.717, 1.165) is 12.1 Å². The molecular formula is C19H17F9N2O3S. The number of nitrogens with two attached hydrogens (primary N) is 1. The SMILES string of the molecule is NCCc1cccc(S(=O)(=O)N(CC(F)(F)F)c2ccc(C(O)(C(F)(F)F)C(F)(F)F)cc2)c1. The molecule has 0 radical (unpaired) electrons. The van der Waals surface area contributed by atoms with Crippen molar-refractivity contribution in [2.24, 2.45) is 5.73 Å². The molecule has 0 bridgehead atoms. The molecule has 190 valence electrons. The van der Waals surface area contributed by atoms with E-state index in [9.17, 15) is 53.0 Å². The van der Waals surface area contributed by atoms with Gasteiger partial charge in [0.15, 0.2) is 0 Å². The smallest absolute Gasteiger partial charge is 0.369 e. The van der Waals surface area contributed by atoms with Crippen LogP contribution in [0.25, 0.3) is 0 Å². The van der Waals surface area contributed by atoms with E-state index in [4.69, 9.17) is 5.73 Å². The summed E-state index contributed by atoms with van der Waals surface area (Å²) in [5.41, 5.74) is -2.23. The minimum Gasteiger partial charge on any atom is -0.369 e. The molecule has 0 aliphatic rings. The van der Waals surface area contributed by atoms with E-state index >= 15 is 0 Å². The van der Waals surface area contributed by atoms with Gasteiger partial charge in [0, 0.05) is 5.56 Å². The molecule has 0 aliphatic carbocycles. The average Bonchev–Trinajstić information content (AvgIpc) is 2.69. The maximum atomic E-state index is 13.2. The molecule has 15 heteroatoms. The number of sulfonamides is 1. The molecule has 2 rings (SSSR count). The fourth-order valence-corrected chi connectivity index (χ4v) is 4.51. The highest BCUT2D eigenvalue weighted by molar-refractivity contribution is 7.92. The fourth-order valence-electron chi connectivity index (χ4n) is 2.99. The average molecular weight is 524 g/mol. The lowest BCUT2D eigenvalue weighted by Crippen LogP contribution is -2.53. The van der Waals surface area contributed by atoms with Crippen LogP contribution < -0.4 is 10.0 Å². The van der Waals surface area contributed by atoms with Gasteiger partial charge in [0.1, 0.15) is 6.54 Å². The van der Waals surface area contributed by atoms with Gasteiger partial charge < -0.3 is 10.8 Å². The van der Waals surface area contributed by atoms with Gasteiger partial charge in [-0.3, -0.25) is 4.31 Å². The maximum Gasteiger partial charge on any atom is 0.430 e. The number of nitrogens with zero attached hydrogens (tertiary/aromatic N) is 1. The summed E-state index contributed by atoms with van der Waals surface area (Å²) in [6, 6.07) is 5.45. The number of aliphatic hydroxyl groups is 1. The highest BCUT2D eigenvalue weighted by Crippen LogP contribution is 2.50. The molecule has 2 aromatic carbocycles. The molecule has 0 aromatic heterocycles. The van der Waals surface area contributed by atoms with E-state index in [1.807, 2.05) is 0 Å². The monoisotopic (exact) mass is 524 g/mol. The highest BCUT2D eigenvalue weighted by Gasteiger charge is 2.71. The van der Waals surface area contributed by atoms with Crippen molar-refractivity contribution in [2.45, 2.75) is 35.4 Å². The van der Waals surface area contributed by atoms with Crippen molar-refractivity contribution in [3.05, 3.63) is 59.7 Å². The summed E-state index contributed by atoms with van der Waals surface area (Å²) in [7, 11) is -4.97. The number of halogens is 9. The molecule has 2 aromatic rings. The Hall–Kier alpha value is -2.52. The van der Waals surface area contributed by atoms with Gasteiger partial charge in [-0.05, 0) is 42.8 Å². The molecule has 0 aliphatic heterocycles. The minimum atomic E-state index is -6.23. The molecule has 34 heavy (non-hydrogen) atoms. The van der Waals surface area contributed by atoms with E-state index in [0.29, 0.717) is 17.7 Å². The number of benzene rings is 2. The van der Waals surface area contributed by atoms with Gasteiger partial charge in [0.25, 0.3) is 15.6 Å². The molecule has 0 atom stereocenters. The van der Waals surface area contributed by atoms with E-state index < -0.39 is 56.8 Å². The first-order valence-electron chi connectivity index (χ1n) is 9.19. The summed E-state index contributed by atoms with van der Waals surface area (Å²) in [4.78, 5) is -0.603. The van der Waals surface area contributed by atoms with Crippen LogP contribution in [0, 0.1) is 0 Å². The van der Waals surface area contributed by atoms with Crippen LogP contribution in [-0.2, 0) is 22.0 Å². The predicted octanol–water partition coefficient (Wildman–Crippen LogP) is 4.26. The van der Waals surface area contributed by atoms with Crippen molar-refractivity contribution < 1.29 is 53.0 Å². The van der Waals surface area contributed by atoms with Crippen molar-refractivity contribution in [3.8, 4) is 0 Å². The highest BCUT2D eigenvalue weighted by atomic mass is 32.2. The quantitative estimate of drug-likeness (QED) is 0.531. The van der Waals surface area contributed by atoms with Crippen molar-refractivity contribution in [3.63, 3.8) is 0 Å². The summed E-state index contributed by atoms with van der Waals surface area (Å²) >= 11 is 0. The summed E-state index contributed by atoms with van der Waals surface area (Å²) < 4.78 is 143. The molecular weight excluding hydrogens is 507 g/mol. The number of hydrogen-bond donors (Lipinski definition) is 2. The molecule has 0 saturated heterocycles. The third-order valence-electron chi connectivity index (χ3n) is 4.64. The summed E-state index contributed by atoms with van der Waals surface area (Å²) in [6.07, 6.45) is -17.4. The van der Waals surface area contributed by atoms with Crippen molar-refractivity contribution >= 4 is 15.7 Å². The summed E-state index contributed by atoms with van der Waals surface area (Å²) in [6.45, 7) is -2.03. The fraction of sp³-hybridized carbons (Fsp3) is 0.368. The number of rotatable bonds is 7. The number of anilines is 1. The molecule has 5 nitrogen and oxygen atoms in total. The second-order valence-electron chi connectivity index (χ2n) is 7.07. The van der Waals surface area contributed by atoms with Gasteiger partial charge >= 0.3 is 18.5 Å². The zero-order chi connectivity index (χ0) is 26.2. The second kappa shape index (κ2) is 9.26. The topological polar surface area (TPSA) is 83.6 Å². The Morgan fingerprint density at radius 3 is 1.82 bits per heavy atom. The van der Waals surface area contributed by atoms with Crippen molar-refractivity contribution in [2.75, 3.05) is 17.4 Å². The predicted molar refractivity (Wildman–Crippen MR) is 102 cm³/mol. The van der Waals surface area contributed by atoms with Gasteiger partial charge in [0.2, 0.25) is 0 Å². The van der Waals surface area contributed by atoms with Crippen LogP contribution in [0.3, 0.4) is 0 Å². The van der Waals surface area contributed by atoms with Gasteiger partial charge in [-0.15, -0.1) is 0 Å². The first kappa shape index (κ1) is 27.7. The van der Waals surface area contributed by atoms with E-state index in [2.05, 4.69) is 0 Å². The third kappa shape index (κ3) is 5.58. The van der Waals surface area contributed by atoms with Gasteiger partial charge in [0.05, 0.1) is 10.6 Å². The lowest BCUT2D eigenvalue weighted by molar-refractivity contribution is -0.376. The van der Waals surface area contributed by atoms with Gasteiger partial charge in [-0.25, -0.2) is 8.42 Å². The Bertz CT molecular complexity index is 1080. The Labute approximate surface area is 187 Å². The zero-order valence-electron chi connectivity index (χ0n) is 16.8. The zero-order valence-corrected chi connectivity index (χ0v) is 17.7. The molecule has 3 N–H and O–H groups in total. The summed E-state index contributed by atoms with van der Waals surface area (Å²) in [5.74, 6) is 0. The number of alkyl halides is 9. The number of hydrogen-bond acceptors (Lipinski definition) is 4. The van der Waals surface area contributed by atoms with Crippen LogP contribution in [0.1, 0.15) is 11.1 Å². The maximum absolute atomic E-state index is 13.2. The van der Waals surface area contributed by atoms with Crippen LogP contribution in [0.2, 0.25) is 0 Å². The molecule has 0 amide bonds. The Balaban J connectivity index is 2.62. The first-order chi connectivity index (χ1) is 15.3. The Kier molecular flexibility index (Phi) is 7.55. The molecule has 0 unspecified atom stereocenters. The largest absolute Gasteiger partial charge is 0.430 e.